The molecule has 2 aromatic rings. The van der Waals surface area contributed by atoms with Crippen LogP contribution in [0.25, 0.3) is 11.1 Å². The van der Waals surface area contributed by atoms with Crippen molar-refractivity contribution < 1.29 is 22.4 Å². The summed E-state index contributed by atoms with van der Waals surface area (Å²) in [7, 11) is 0. The first-order valence-corrected chi connectivity index (χ1v) is 7.39. The highest BCUT2D eigenvalue weighted by molar-refractivity contribution is 5.81. The fourth-order valence-corrected chi connectivity index (χ4v) is 2.70. The van der Waals surface area contributed by atoms with Crippen LogP contribution < -0.4 is 5.32 Å². The number of hydrogen-bond acceptors (Lipinski definition) is 4. The summed E-state index contributed by atoms with van der Waals surface area (Å²) in [6.45, 7) is 0.803. The van der Waals surface area contributed by atoms with Crippen molar-refractivity contribution in [1.82, 2.24) is 9.88 Å². The van der Waals surface area contributed by atoms with Crippen molar-refractivity contribution in [3.05, 3.63) is 24.3 Å². The van der Waals surface area contributed by atoms with Gasteiger partial charge in [0.1, 0.15) is 5.52 Å². The molecule has 0 spiro atoms. The number of oxazole rings is 1. The number of aromatic nitrogens is 1. The van der Waals surface area contributed by atoms with Crippen LogP contribution in [0.2, 0.25) is 0 Å². The lowest BCUT2D eigenvalue weighted by Crippen LogP contribution is -2.46. The van der Waals surface area contributed by atoms with E-state index in [1.54, 1.807) is 0 Å². The molecule has 0 bridgehead atoms. The van der Waals surface area contributed by atoms with Gasteiger partial charge in [-0.3, -0.25) is 4.79 Å². The molecule has 1 aromatic carbocycles. The van der Waals surface area contributed by atoms with Gasteiger partial charge in [-0.25, -0.2) is 0 Å². The number of nitrogens with one attached hydrogen (secondary N) is 1. The number of hydrogen-bond donors (Lipinski definition) is 1. The molecule has 1 saturated heterocycles. The lowest BCUT2D eigenvalue weighted by molar-refractivity contribution is -0.186. The summed E-state index contributed by atoms with van der Waals surface area (Å²) in [6, 6.07) is 7.77. The maximum atomic E-state index is 12.4. The minimum absolute atomic E-state index is 0.123. The van der Waals surface area contributed by atoms with Gasteiger partial charge in [-0.15, -0.1) is 0 Å². The molecule has 23 heavy (non-hydrogen) atoms. The lowest BCUT2D eigenvalue weighted by atomic mass is 9.97. The van der Waals surface area contributed by atoms with Crippen LogP contribution in [0.1, 0.15) is 12.8 Å². The first kappa shape index (κ1) is 15.6. The molecule has 1 aliphatic rings. The monoisotopic (exact) mass is 327 g/mol. The molecule has 1 aromatic heterocycles. The molecule has 1 fully saturated rings. The second-order valence-corrected chi connectivity index (χ2v) is 5.60. The van der Waals surface area contributed by atoms with Crippen LogP contribution in [0.5, 0.6) is 0 Å². The third kappa shape index (κ3) is 3.57. The fourth-order valence-electron chi connectivity index (χ4n) is 2.70. The minimum atomic E-state index is -4.79. The number of carbonyl (C=O) groups excluding carboxylic acids is 1. The van der Waals surface area contributed by atoms with Gasteiger partial charge in [-0.2, -0.15) is 18.2 Å². The molecule has 1 N–H and O–H groups in total. The number of amides is 1. The van der Waals surface area contributed by atoms with E-state index in [0.29, 0.717) is 31.0 Å². The molecule has 2 heterocycles. The van der Waals surface area contributed by atoms with Crippen LogP contribution in [0.3, 0.4) is 0 Å². The molecule has 0 saturated carbocycles. The van der Waals surface area contributed by atoms with E-state index >= 15 is 0 Å². The van der Waals surface area contributed by atoms with E-state index in [0.717, 1.165) is 10.4 Å². The average molecular weight is 327 g/mol. The molecule has 1 aliphatic heterocycles. The molecule has 3 rings (SSSR count). The summed E-state index contributed by atoms with van der Waals surface area (Å²) in [4.78, 5) is 16.3. The highest BCUT2D eigenvalue weighted by Gasteiger charge is 2.43. The maximum absolute atomic E-state index is 12.4. The van der Waals surface area contributed by atoms with Gasteiger partial charge in [-0.05, 0) is 30.9 Å². The van der Waals surface area contributed by atoms with Gasteiger partial charge in [0, 0.05) is 19.6 Å². The molecule has 124 valence electrons. The Morgan fingerprint density at radius 3 is 2.65 bits per heavy atom. The Balaban J connectivity index is 1.50. The Morgan fingerprint density at radius 1 is 1.30 bits per heavy atom. The van der Waals surface area contributed by atoms with Gasteiger partial charge in [-0.1, -0.05) is 12.1 Å². The van der Waals surface area contributed by atoms with Gasteiger partial charge in [0.05, 0.1) is 0 Å². The van der Waals surface area contributed by atoms with Crippen molar-refractivity contribution in [2.75, 3.05) is 25.0 Å². The third-order valence-electron chi connectivity index (χ3n) is 3.98. The van der Waals surface area contributed by atoms with Crippen LogP contribution in [0.4, 0.5) is 19.2 Å². The van der Waals surface area contributed by atoms with Crippen molar-refractivity contribution in [3.8, 4) is 0 Å². The first-order chi connectivity index (χ1) is 10.9. The van der Waals surface area contributed by atoms with Crippen LogP contribution in [0, 0.1) is 5.92 Å². The Morgan fingerprint density at radius 2 is 2.00 bits per heavy atom. The van der Waals surface area contributed by atoms with Crippen LogP contribution in [-0.4, -0.2) is 41.6 Å². The summed E-state index contributed by atoms with van der Waals surface area (Å²) >= 11 is 0. The van der Waals surface area contributed by atoms with Crippen LogP contribution in [0.15, 0.2) is 28.7 Å². The van der Waals surface area contributed by atoms with Gasteiger partial charge < -0.3 is 14.6 Å². The van der Waals surface area contributed by atoms with Crippen molar-refractivity contribution in [2.45, 2.75) is 19.0 Å². The lowest BCUT2D eigenvalue weighted by Gasteiger charge is -2.32. The van der Waals surface area contributed by atoms with Gasteiger partial charge in [0.25, 0.3) is 6.01 Å². The largest absolute Gasteiger partial charge is 0.471 e. The summed E-state index contributed by atoms with van der Waals surface area (Å²) in [6.07, 6.45) is -3.74. The Kier molecular flexibility index (Phi) is 4.14. The molecule has 0 radical (unpaired) electrons. The summed E-state index contributed by atoms with van der Waals surface area (Å²) in [5.74, 6) is -1.56. The van der Waals surface area contributed by atoms with Crippen LogP contribution >= 0.6 is 0 Å². The first-order valence-electron chi connectivity index (χ1n) is 7.39. The molecule has 8 heteroatoms. The Hall–Kier alpha value is -2.25. The number of rotatable bonds is 3. The number of likely N-dealkylation sites (tertiary alicyclic amines) is 1. The average Bonchev–Trinajstić information content (AvgIpc) is 2.95. The number of anilines is 1. The second kappa shape index (κ2) is 6.10. The standard InChI is InChI=1S/C15H16F3N3O2/c16-15(17,18)13(22)21-7-5-10(6-8-21)9-19-14-20-11-3-1-2-4-12(11)23-14/h1-4,10H,5-9H2,(H,19,20). The molecule has 0 aliphatic carbocycles. The van der Waals surface area contributed by atoms with Crippen molar-refractivity contribution in [2.24, 2.45) is 5.92 Å². The van der Waals surface area contributed by atoms with Crippen molar-refractivity contribution in [3.63, 3.8) is 0 Å². The molecular formula is C15H16F3N3O2. The predicted octanol–water partition coefficient (Wildman–Crippen LogP) is 3.04. The topological polar surface area (TPSA) is 58.4 Å². The zero-order valence-electron chi connectivity index (χ0n) is 12.3. The van der Waals surface area contributed by atoms with Crippen LogP contribution in [-0.2, 0) is 4.79 Å². The minimum Gasteiger partial charge on any atom is -0.424 e. The Labute approximate surface area is 130 Å². The predicted molar refractivity (Wildman–Crippen MR) is 77.9 cm³/mol. The quantitative estimate of drug-likeness (QED) is 0.941. The van der Waals surface area contributed by atoms with E-state index in [-0.39, 0.29) is 19.0 Å². The molecule has 0 unspecified atom stereocenters. The number of halogens is 3. The van der Waals surface area contributed by atoms with Gasteiger partial charge >= 0.3 is 12.1 Å². The Bertz CT molecular complexity index is 658. The number of para-hydroxylation sites is 2. The summed E-state index contributed by atoms with van der Waals surface area (Å²) < 4.78 is 42.7. The SMILES string of the molecule is O=C(N1CCC(CNc2nc3ccccc3o2)CC1)C(F)(F)F. The van der Waals surface area contributed by atoms with E-state index in [9.17, 15) is 18.0 Å². The van der Waals surface area contributed by atoms with E-state index in [1.807, 2.05) is 24.3 Å². The maximum Gasteiger partial charge on any atom is 0.471 e. The molecular weight excluding hydrogens is 311 g/mol. The van der Waals surface area contributed by atoms with E-state index in [4.69, 9.17) is 4.42 Å². The number of nitrogens with zero attached hydrogens (tertiary/aromatic N) is 2. The van der Waals surface area contributed by atoms with E-state index < -0.39 is 12.1 Å². The van der Waals surface area contributed by atoms with E-state index in [1.165, 1.54) is 0 Å². The van der Waals surface area contributed by atoms with Crippen molar-refractivity contribution in [1.29, 1.82) is 0 Å². The van der Waals surface area contributed by atoms with Gasteiger partial charge in [0.15, 0.2) is 5.58 Å². The zero-order chi connectivity index (χ0) is 16.4. The summed E-state index contributed by atoms with van der Waals surface area (Å²) in [5.41, 5.74) is 1.43. The normalized spacial score (nSPS) is 16.7. The van der Waals surface area contributed by atoms with E-state index in [2.05, 4.69) is 10.3 Å². The van der Waals surface area contributed by atoms with Gasteiger partial charge in [0.2, 0.25) is 0 Å². The molecule has 1 amide bonds. The number of benzene rings is 1. The third-order valence-corrected chi connectivity index (χ3v) is 3.98. The number of carbonyl (C=O) groups is 1. The molecule has 5 nitrogen and oxygen atoms in total. The number of fused-ring (bicyclic) bond motifs is 1. The smallest absolute Gasteiger partial charge is 0.424 e. The molecule has 0 atom stereocenters. The zero-order valence-corrected chi connectivity index (χ0v) is 12.3. The number of alkyl halides is 3. The summed E-state index contributed by atoms with van der Waals surface area (Å²) in [5, 5.41) is 3.07. The highest BCUT2D eigenvalue weighted by Crippen LogP contribution is 2.24. The fraction of sp³-hybridized carbons (Fsp3) is 0.467. The highest BCUT2D eigenvalue weighted by atomic mass is 19.4. The van der Waals surface area contributed by atoms with Crippen molar-refractivity contribution >= 4 is 23.0 Å². The number of piperidine rings is 1. The second-order valence-electron chi connectivity index (χ2n) is 5.60.